The molecule has 0 aliphatic carbocycles. The van der Waals surface area contributed by atoms with E-state index in [1.165, 1.54) is 0 Å². The van der Waals surface area contributed by atoms with Crippen molar-refractivity contribution in [1.29, 1.82) is 0 Å². The Labute approximate surface area is 138 Å². The monoisotopic (exact) mass is 320 g/mol. The fourth-order valence-electron chi connectivity index (χ4n) is 1.88. The smallest absolute Gasteiger partial charge is 0.239 e. The molecule has 0 unspecified atom stereocenters. The summed E-state index contributed by atoms with van der Waals surface area (Å²) in [6, 6.07) is 7.12. The molecular formula is C18H28N2O3. The van der Waals surface area contributed by atoms with Crippen LogP contribution in [0.1, 0.15) is 47.5 Å². The summed E-state index contributed by atoms with van der Waals surface area (Å²) in [4.78, 5) is 24.5. The van der Waals surface area contributed by atoms with Crippen LogP contribution in [0.2, 0.25) is 0 Å². The van der Waals surface area contributed by atoms with Crippen molar-refractivity contribution in [3.05, 3.63) is 24.3 Å². The largest absolute Gasteiger partial charge is 0.491 e. The second kappa shape index (κ2) is 8.56. The van der Waals surface area contributed by atoms with Crippen LogP contribution in [0, 0.1) is 5.41 Å². The number of nitrogens with one attached hydrogen (secondary N) is 2. The average molecular weight is 320 g/mol. The number of ether oxygens (including phenoxy) is 1. The lowest BCUT2D eigenvalue weighted by atomic mass is 9.91. The van der Waals surface area contributed by atoms with Crippen molar-refractivity contribution in [2.45, 2.75) is 53.6 Å². The van der Waals surface area contributed by atoms with Crippen LogP contribution in [-0.4, -0.2) is 24.5 Å². The fourth-order valence-corrected chi connectivity index (χ4v) is 1.88. The third-order valence-corrected chi connectivity index (χ3v) is 3.44. The van der Waals surface area contributed by atoms with E-state index in [2.05, 4.69) is 17.6 Å². The molecule has 0 heterocycles. The van der Waals surface area contributed by atoms with E-state index in [0.717, 1.165) is 18.6 Å². The van der Waals surface area contributed by atoms with Gasteiger partial charge in [0.2, 0.25) is 11.8 Å². The molecule has 0 spiro atoms. The van der Waals surface area contributed by atoms with Gasteiger partial charge in [-0.25, -0.2) is 0 Å². The van der Waals surface area contributed by atoms with Gasteiger partial charge >= 0.3 is 0 Å². The minimum absolute atomic E-state index is 0.0983. The van der Waals surface area contributed by atoms with Crippen LogP contribution in [0.4, 0.5) is 5.69 Å². The van der Waals surface area contributed by atoms with E-state index >= 15 is 0 Å². The number of hydrogen-bond donors (Lipinski definition) is 2. The molecule has 1 aromatic carbocycles. The van der Waals surface area contributed by atoms with Crippen molar-refractivity contribution in [2.24, 2.45) is 5.41 Å². The first-order valence-electron chi connectivity index (χ1n) is 8.13. The first-order chi connectivity index (χ1) is 10.8. The molecule has 1 aromatic rings. The molecule has 1 rings (SSSR count). The Bertz CT molecular complexity index is 522. The van der Waals surface area contributed by atoms with E-state index in [1.54, 1.807) is 38.1 Å². The molecule has 2 N–H and O–H groups in total. The van der Waals surface area contributed by atoms with Crippen LogP contribution in [0.5, 0.6) is 5.75 Å². The van der Waals surface area contributed by atoms with Gasteiger partial charge in [0, 0.05) is 12.2 Å². The third kappa shape index (κ3) is 5.93. The molecule has 5 nitrogen and oxygen atoms in total. The predicted molar refractivity (Wildman–Crippen MR) is 92.5 cm³/mol. The molecule has 128 valence electrons. The molecule has 0 saturated heterocycles. The number of carbonyl (C=O) groups excluding carboxylic acids is 2. The topological polar surface area (TPSA) is 67.4 Å². The van der Waals surface area contributed by atoms with Crippen LogP contribution in [0.25, 0.3) is 0 Å². The summed E-state index contributed by atoms with van der Waals surface area (Å²) in [5.41, 5.74) is -0.485. The number of hydrogen-bond acceptors (Lipinski definition) is 3. The summed E-state index contributed by atoms with van der Waals surface area (Å²) in [5, 5.41) is 5.58. The Morgan fingerprint density at radius 2 is 1.74 bits per heavy atom. The van der Waals surface area contributed by atoms with Crippen LogP contribution in [-0.2, 0) is 9.59 Å². The van der Waals surface area contributed by atoms with E-state index < -0.39 is 5.41 Å². The van der Waals surface area contributed by atoms with E-state index in [4.69, 9.17) is 4.74 Å². The lowest BCUT2D eigenvalue weighted by Gasteiger charge is -2.22. The molecule has 0 aliphatic heterocycles. The van der Waals surface area contributed by atoms with Crippen molar-refractivity contribution in [3.8, 4) is 5.75 Å². The molecule has 23 heavy (non-hydrogen) atoms. The number of anilines is 1. The normalized spacial score (nSPS) is 11.2. The first-order valence-corrected chi connectivity index (χ1v) is 8.13. The number of benzene rings is 1. The Morgan fingerprint density at radius 3 is 2.26 bits per heavy atom. The highest BCUT2D eigenvalue weighted by Gasteiger charge is 2.35. The van der Waals surface area contributed by atoms with Crippen LogP contribution in [0.15, 0.2) is 24.3 Å². The molecule has 2 amide bonds. The van der Waals surface area contributed by atoms with Crippen molar-refractivity contribution in [1.82, 2.24) is 5.32 Å². The maximum absolute atomic E-state index is 12.4. The molecule has 0 atom stereocenters. The van der Waals surface area contributed by atoms with E-state index in [0.29, 0.717) is 12.2 Å². The average Bonchev–Trinajstić information content (AvgIpc) is 2.48. The SMILES string of the molecule is CCCCNC(=O)C(C)(C)C(=O)Nc1ccc(OC(C)C)cc1. The summed E-state index contributed by atoms with van der Waals surface area (Å²) >= 11 is 0. The van der Waals surface area contributed by atoms with E-state index in [1.807, 2.05) is 13.8 Å². The minimum atomic E-state index is -1.12. The lowest BCUT2D eigenvalue weighted by molar-refractivity contribution is -0.138. The fraction of sp³-hybridized carbons (Fsp3) is 0.556. The maximum Gasteiger partial charge on any atom is 0.239 e. The van der Waals surface area contributed by atoms with Gasteiger partial charge in [0.1, 0.15) is 11.2 Å². The second-order valence-corrected chi connectivity index (χ2v) is 6.38. The Morgan fingerprint density at radius 1 is 1.13 bits per heavy atom. The number of unbranched alkanes of at least 4 members (excludes halogenated alkanes) is 1. The quantitative estimate of drug-likeness (QED) is 0.570. The van der Waals surface area contributed by atoms with Crippen molar-refractivity contribution in [3.63, 3.8) is 0 Å². The van der Waals surface area contributed by atoms with Crippen molar-refractivity contribution < 1.29 is 14.3 Å². The molecule has 0 aliphatic rings. The Balaban J connectivity index is 2.64. The van der Waals surface area contributed by atoms with Crippen LogP contribution in [0.3, 0.4) is 0 Å². The molecule has 0 aromatic heterocycles. The van der Waals surface area contributed by atoms with Gasteiger partial charge in [-0.15, -0.1) is 0 Å². The highest BCUT2D eigenvalue weighted by atomic mass is 16.5. The summed E-state index contributed by atoms with van der Waals surface area (Å²) in [6.07, 6.45) is 2.00. The molecular weight excluding hydrogens is 292 g/mol. The minimum Gasteiger partial charge on any atom is -0.491 e. The van der Waals surface area contributed by atoms with Gasteiger partial charge in [0.25, 0.3) is 0 Å². The predicted octanol–water partition coefficient (Wildman–Crippen LogP) is 3.35. The second-order valence-electron chi connectivity index (χ2n) is 6.38. The highest BCUT2D eigenvalue weighted by molar-refractivity contribution is 6.09. The van der Waals surface area contributed by atoms with Gasteiger partial charge in [-0.05, 0) is 58.4 Å². The highest BCUT2D eigenvalue weighted by Crippen LogP contribution is 2.21. The van der Waals surface area contributed by atoms with Crippen LogP contribution < -0.4 is 15.4 Å². The van der Waals surface area contributed by atoms with Gasteiger partial charge in [-0.1, -0.05) is 13.3 Å². The Hall–Kier alpha value is -2.04. The summed E-state index contributed by atoms with van der Waals surface area (Å²) in [7, 11) is 0. The molecule has 0 fully saturated rings. The van der Waals surface area contributed by atoms with Gasteiger partial charge < -0.3 is 15.4 Å². The van der Waals surface area contributed by atoms with Crippen LogP contribution >= 0.6 is 0 Å². The third-order valence-electron chi connectivity index (χ3n) is 3.44. The molecule has 0 radical (unpaired) electrons. The molecule has 0 saturated carbocycles. The number of carbonyl (C=O) groups is 2. The van der Waals surface area contributed by atoms with Gasteiger partial charge in [0.15, 0.2) is 0 Å². The van der Waals surface area contributed by atoms with Gasteiger partial charge in [-0.3, -0.25) is 9.59 Å². The summed E-state index contributed by atoms with van der Waals surface area (Å²) in [6.45, 7) is 9.80. The molecule has 0 bridgehead atoms. The summed E-state index contributed by atoms with van der Waals surface area (Å²) in [5.74, 6) is 0.154. The standard InChI is InChI=1S/C18H28N2O3/c1-6-7-12-19-16(21)18(4,5)17(22)20-14-8-10-15(11-9-14)23-13(2)3/h8-11,13H,6-7,12H2,1-5H3,(H,19,21)(H,20,22). The van der Waals surface area contributed by atoms with E-state index in [9.17, 15) is 9.59 Å². The van der Waals surface area contributed by atoms with Gasteiger partial charge in [-0.2, -0.15) is 0 Å². The zero-order valence-corrected chi connectivity index (χ0v) is 14.7. The van der Waals surface area contributed by atoms with Crippen molar-refractivity contribution in [2.75, 3.05) is 11.9 Å². The zero-order valence-electron chi connectivity index (χ0n) is 14.7. The lowest BCUT2D eigenvalue weighted by Crippen LogP contribution is -2.45. The first kappa shape index (κ1) is 19.0. The number of amides is 2. The van der Waals surface area contributed by atoms with Crippen molar-refractivity contribution >= 4 is 17.5 Å². The Kier molecular flexibility index (Phi) is 7.07. The maximum atomic E-state index is 12.4. The molecule has 5 heteroatoms. The zero-order chi connectivity index (χ0) is 17.5. The van der Waals surface area contributed by atoms with E-state index in [-0.39, 0.29) is 17.9 Å². The number of rotatable bonds is 8. The summed E-state index contributed by atoms with van der Waals surface area (Å²) < 4.78 is 5.56. The van der Waals surface area contributed by atoms with Gasteiger partial charge in [0.05, 0.1) is 6.10 Å².